The van der Waals surface area contributed by atoms with Crippen LogP contribution >= 0.6 is 0 Å². The van der Waals surface area contributed by atoms with Crippen molar-refractivity contribution in [1.29, 1.82) is 0 Å². The molecule has 1 aromatic heterocycles. The fourth-order valence-corrected chi connectivity index (χ4v) is 2.69. The third kappa shape index (κ3) is 3.86. The van der Waals surface area contributed by atoms with Crippen molar-refractivity contribution in [2.24, 2.45) is 0 Å². The highest BCUT2D eigenvalue weighted by molar-refractivity contribution is 5.92. The van der Waals surface area contributed by atoms with Crippen molar-refractivity contribution >= 4 is 17.6 Å². The van der Waals surface area contributed by atoms with Crippen LogP contribution in [0.25, 0.3) is 5.69 Å². The Labute approximate surface area is 147 Å². The van der Waals surface area contributed by atoms with Gasteiger partial charge in [0.1, 0.15) is 0 Å². The number of nitro groups is 1. The van der Waals surface area contributed by atoms with E-state index < -0.39 is 17.0 Å². The Morgan fingerprint density at radius 2 is 2.04 bits per heavy atom. The third-order valence-corrected chi connectivity index (χ3v) is 3.96. The van der Waals surface area contributed by atoms with Crippen LogP contribution in [0.2, 0.25) is 0 Å². The summed E-state index contributed by atoms with van der Waals surface area (Å²) in [5.74, 6) is -1.30. The monoisotopic (exact) mass is 360 g/mol. The van der Waals surface area contributed by atoms with E-state index in [1.54, 1.807) is 12.3 Å². The Bertz CT molecular complexity index is 832. The summed E-state index contributed by atoms with van der Waals surface area (Å²) in [6.45, 7) is 0.821. The molecule has 10 heteroatoms. The number of nitrogens with zero attached hydrogens (tertiary/aromatic N) is 4. The maximum atomic E-state index is 12.6. The number of benzene rings is 1. The van der Waals surface area contributed by atoms with Crippen molar-refractivity contribution in [3.63, 3.8) is 0 Å². The van der Waals surface area contributed by atoms with Gasteiger partial charge in [0.05, 0.1) is 29.7 Å². The maximum Gasteiger partial charge on any atom is 0.306 e. The molecule has 26 heavy (non-hydrogen) atoms. The predicted octanol–water partition coefficient (Wildman–Crippen LogP) is 1.10. The molecule has 0 bridgehead atoms. The van der Waals surface area contributed by atoms with Gasteiger partial charge in [-0.3, -0.25) is 19.7 Å². The second-order valence-electron chi connectivity index (χ2n) is 5.76. The van der Waals surface area contributed by atoms with Crippen molar-refractivity contribution in [3.05, 3.63) is 52.3 Å². The molecule has 1 aliphatic heterocycles. The number of non-ortho nitro benzene ring substituents is 1. The largest absolute Gasteiger partial charge is 0.481 e. The zero-order chi connectivity index (χ0) is 18.7. The predicted molar refractivity (Wildman–Crippen MR) is 88.1 cm³/mol. The standard InChI is InChI=1S/C16H16N4O6/c21-15(22)9-13-10-18(7-8-26-13)16(23)14-5-6-19(17-14)11-1-3-12(4-2-11)20(24)25/h1-6,13H,7-10H2,(H,21,22). The molecule has 1 fully saturated rings. The summed E-state index contributed by atoms with van der Waals surface area (Å²) < 4.78 is 6.81. The SMILES string of the molecule is O=C(O)CC1CN(C(=O)c2ccn(-c3ccc([N+](=O)[O-])cc3)n2)CCO1. The minimum absolute atomic E-state index is 0.0324. The van der Waals surface area contributed by atoms with Gasteiger partial charge >= 0.3 is 5.97 Å². The first-order valence-electron chi connectivity index (χ1n) is 7.87. The fourth-order valence-electron chi connectivity index (χ4n) is 2.69. The van der Waals surface area contributed by atoms with Crippen molar-refractivity contribution in [2.75, 3.05) is 19.7 Å². The van der Waals surface area contributed by atoms with Gasteiger partial charge in [0.2, 0.25) is 0 Å². The molecule has 0 radical (unpaired) electrons. The second kappa shape index (κ2) is 7.31. The summed E-state index contributed by atoms with van der Waals surface area (Å²) in [6.07, 6.45) is 0.881. The van der Waals surface area contributed by atoms with E-state index in [1.165, 1.54) is 33.8 Å². The molecule has 10 nitrogen and oxygen atoms in total. The Kier molecular flexibility index (Phi) is 4.94. The normalized spacial score (nSPS) is 17.1. The first-order chi connectivity index (χ1) is 12.4. The number of aliphatic carboxylic acids is 1. The fraction of sp³-hybridized carbons (Fsp3) is 0.312. The van der Waals surface area contributed by atoms with Gasteiger partial charge in [0.15, 0.2) is 5.69 Å². The maximum absolute atomic E-state index is 12.6. The number of amides is 1. The Hall–Kier alpha value is -3.27. The molecule has 2 aromatic rings. The molecule has 1 amide bonds. The van der Waals surface area contributed by atoms with E-state index in [-0.39, 0.29) is 36.9 Å². The number of carbonyl (C=O) groups is 2. The smallest absolute Gasteiger partial charge is 0.306 e. The summed E-state index contributed by atoms with van der Waals surface area (Å²) in [6, 6.07) is 7.34. The van der Waals surface area contributed by atoms with Gasteiger partial charge in [0, 0.05) is 31.4 Å². The van der Waals surface area contributed by atoms with E-state index in [1.807, 2.05) is 0 Å². The number of carboxylic acids is 1. The highest BCUT2D eigenvalue weighted by atomic mass is 16.6. The second-order valence-corrected chi connectivity index (χ2v) is 5.76. The Morgan fingerprint density at radius 1 is 1.31 bits per heavy atom. The lowest BCUT2D eigenvalue weighted by Gasteiger charge is -2.31. The molecular weight excluding hydrogens is 344 g/mol. The molecule has 0 spiro atoms. The van der Waals surface area contributed by atoms with Crippen LogP contribution in [-0.2, 0) is 9.53 Å². The molecule has 1 N–H and O–H groups in total. The summed E-state index contributed by atoms with van der Waals surface area (Å²) in [5, 5.41) is 23.8. The average molecular weight is 360 g/mol. The lowest BCUT2D eigenvalue weighted by atomic mass is 10.2. The van der Waals surface area contributed by atoms with Gasteiger partial charge in [-0.25, -0.2) is 4.68 Å². The van der Waals surface area contributed by atoms with Crippen LogP contribution in [0.4, 0.5) is 5.69 Å². The Balaban J connectivity index is 1.71. The van der Waals surface area contributed by atoms with Crippen molar-refractivity contribution in [2.45, 2.75) is 12.5 Å². The Morgan fingerprint density at radius 3 is 2.69 bits per heavy atom. The van der Waals surface area contributed by atoms with Gasteiger partial charge in [-0.2, -0.15) is 5.10 Å². The average Bonchev–Trinajstić information content (AvgIpc) is 3.11. The van der Waals surface area contributed by atoms with Crippen LogP contribution < -0.4 is 0 Å². The van der Waals surface area contributed by atoms with E-state index in [9.17, 15) is 19.7 Å². The summed E-state index contributed by atoms with van der Waals surface area (Å²) in [5.41, 5.74) is 0.759. The van der Waals surface area contributed by atoms with Crippen LogP contribution in [0.15, 0.2) is 36.5 Å². The molecular formula is C16H16N4O6. The molecule has 1 aliphatic rings. The summed E-state index contributed by atoms with van der Waals surface area (Å²) in [4.78, 5) is 35.1. The minimum Gasteiger partial charge on any atom is -0.481 e. The molecule has 136 valence electrons. The van der Waals surface area contributed by atoms with E-state index >= 15 is 0 Å². The van der Waals surface area contributed by atoms with Gasteiger partial charge in [-0.1, -0.05) is 0 Å². The van der Waals surface area contributed by atoms with Crippen molar-refractivity contribution in [1.82, 2.24) is 14.7 Å². The topological polar surface area (TPSA) is 128 Å². The quantitative estimate of drug-likeness (QED) is 0.624. The van der Waals surface area contributed by atoms with Crippen molar-refractivity contribution in [3.8, 4) is 5.69 Å². The van der Waals surface area contributed by atoms with Gasteiger partial charge in [-0.05, 0) is 18.2 Å². The van der Waals surface area contributed by atoms with E-state index in [4.69, 9.17) is 9.84 Å². The number of hydrogen-bond acceptors (Lipinski definition) is 6. The van der Waals surface area contributed by atoms with Gasteiger partial charge in [0.25, 0.3) is 11.6 Å². The number of nitro benzene ring substituents is 1. The number of morpholine rings is 1. The molecule has 1 atom stereocenters. The van der Waals surface area contributed by atoms with Gasteiger partial charge in [-0.15, -0.1) is 0 Å². The minimum atomic E-state index is -0.980. The molecule has 2 heterocycles. The van der Waals surface area contributed by atoms with Gasteiger partial charge < -0.3 is 14.7 Å². The molecule has 0 saturated carbocycles. The molecule has 3 rings (SSSR count). The zero-order valence-electron chi connectivity index (χ0n) is 13.6. The van der Waals surface area contributed by atoms with E-state index in [0.29, 0.717) is 12.2 Å². The highest BCUT2D eigenvalue weighted by Gasteiger charge is 2.27. The number of hydrogen-bond donors (Lipinski definition) is 1. The third-order valence-electron chi connectivity index (χ3n) is 3.96. The lowest BCUT2D eigenvalue weighted by Crippen LogP contribution is -2.46. The summed E-state index contributed by atoms with van der Waals surface area (Å²) >= 11 is 0. The van der Waals surface area contributed by atoms with Crippen LogP contribution in [0.5, 0.6) is 0 Å². The molecule has 0 aliphatic carbocycles. The molecule has 1 saturated heterocycles. The summed E-state index contributed by atoms with van der Waals surface area (Å²) in [7, 11) is 0. The number of carbonyl (C=O) groups excluding carboxylic acids is 1. The van der Waals surface area contributed by atoms with E-state index in [2.05, 4.69) is 5.10 Å². The number of ether oxygens (including phenoxy) is 1. The van der Waals surface area contributed by atoms with Crippen molar-refractivity contribution < 1.29 is 24.4 Å². The number of carboxylic acid groups (broad SMARTS) is 1. The molecule has 1 unspecified atom stereocenters. The zero-order valence-corrected chi connectivity index (χ0v) is 13.6. The first-order valence-corrected chi connectivity index (χ1v) is 7.87. The van der Waals surface area contributed by atoms with E-state index in [0.717, 1.165) is 0 Å². The lowest BCUT2D eigenvalue weighted by molar-refractivity contribution is -0.384. The number of rotatable bonds is 5. The van der Waals surface area contributed by atoms with Crippen LogP contribution in [-0.4, -0.2) is 62.4 Å². The molecule has 1 aromatic carbocycles. The van der Waals surface area contributed by atoms with Crippen LogP contribution in [0, 0.1) is 10.1 Å². The van der Waals surface area contributed by atoms with Crippen LogP contribution in [0.1, 0.15) is 16.9 Å². The van der Waals surface area contributed by atoms with Crippen LogP contribution in [0.3, 0.4) is 0 Å². The first kappa shape index (κ1) is 17.5. The number of aromatic nitrogens is 2. The highest BCUT2D eigenvalue weighted by Crippen LogP contribution is 2.16.